The molecule has 4 heterocycles. The number of halogens is 3. The van der Waals surface area contributed by atoms with Crippen LogP contribution < -0.4 is 9.80 Å². The van der Waals surface area contributed by atoms with Crippen LogP contribution in [0.25, 0.3) is 11.5 Å². The van der Waals surface area contributed by atoms with Gasteiger partial charge in [0.05, 0.1) is 28.8 Å². The Kier molecular flexibility index (Phi) is 5.63. The molecule has 0 radical (unpaired) electrons. The summed E-state index contributed by atoms with van der Waals surface area (Å²) in [6.07, 6.45) is -0.951. The molecule has 0 fully saturated rings. The molecule has 7 nitrogen and oxygen atoms in total. The molecule has 174 valence electrons. The number of likely N-dealkylation sites (N-methyl/N-ethyl adjacent to an activating group) is 1. The Labute approximate surface area is 193 Å². The van der Waals surface area contributed by atoms with Gasteiger partial charge in [-0.25, -0.2) is 4.98 Å². The van der Waals surface area contributed by atoms with E-state index >= 15 is 0 Å². The maximum absolute atomic E-state index is 13.2. The molecule has 0 N–H and O–H groups in total. The first kappa shape index (κ1) is 23.1. The van der Waals surface area contributed by atoms with E-state index in [9.17, 15) is 18.0 Å². The number of carbonyl (C=O) groups excluding carboxylic acids is 1. The summed E-state index contributed by atoms with van der Waals surface area (Å²) in [5, 5.41) is 0.565. The van der Waals surface area contributed by atoms with Gasteiger partial charge in [-0.3, -0.25) is 14.8 Å². The van der Waals surface area contributed by atoms with Crippen LogP contribution in [-0.2, 0) is 23.8 Å². The average Bonchev–Trinajstić information content (AvgIpc) is 3.28. The largest absolute Gasteiger partial charge is 0.417 e. The molecule has 1 aliphatic rings. The Hall–Kier alpha value is -3.08. The van der Waals surface area contributed by atoms with Crippen molar-refractivity contribution >= 4 is 28.8 Å². The fourth-order valence-corrected chi connectivity index (χ4v) is 4.43. The van der Waals surface area contributed by atoms with Crippen molar-refractivity contribution in [3.05, 3.63) is 46.4 Å². The smallest absolute Gasteiger partial charge is 0.368 e. The number of pyridine rings is 2. The molecule has 0 saturated heterocycles. The highest BCUT2D eigenvalue weighted by molar-refractivity contribution is 7.05. The summed E-state index contributed by atoms with van der Waals surface area (Å²) in [6.45, 7) is 5.61. The van der Waals surface area contributed by atoms with Crippen LogP contribution in [-0.4, -0.2) is 44.9 Å². The number of amides is 1. The summed E-state index contributed by atoms with van der Waals surface area (Å²) in [5.74, 6) is 0.0594. The molecule has 0 aromatic carbocycles. The summed E-state index contributed by atoms with van der Waals surface area (Å²) in [5.41, 5.74) is 2.37. The standard InChI is InChI=1S/C22H23F3N6OS/c1-12(32)30(4)17-7-14(22(23,24)25)10-26-15(17)8-19-28-20(29-33-19)16-6-13-9-21(2,3)31(5)18(13)11-27-16/h6-7,10-11H,8-9H2,1-5H3. The number of aromatic nitrogens is 4. The van der Waals surface area contributed by atoms with E-state index in [1.54, 1.807) is 0 Å². The van der Waals surface area contributed by atoms with Crippen LogP contribution in [0.4, 0.5) is 24.5 Å². The zero-order valence-corrected chi connectivity index (χ0v) is 19.7. The fourth-order valence-electron chi connectivity index (χ4n) is 3.77. The van der Waals surface area contributed by atoms with Gasteiger partial charge in [-0.1, -0.05) is 0 Å². The topological polar surface area (TPSA) is 75.1 Å². The lowest BCUT2D eigenvalue weighted by Gasteiger charge is -2.29. The quantitative estimate of drug-likeness (QED) is 0.557. The molecular weight excluding hydrogens is 453 g/mol. The van der Waals surface area contributed by atoms with E-state index in [4.69, 9.17) is 0 Å². The van der Waals surface area contributed by atoms with Crippen LogP contribution in [0.3, 0.4) is 0 Å². The van der Waals surface area contributed by atoms with Crippen LogP contribution >= 0.6 is 11.5 Å². The molecule has 0 bridgehead atoms. The van der Waals surface area contributed by atoms with Crippen molar-refractivity contribution in [3.8, 4) is 11.5 Å². The molecule has 3 aromatic rings. The van der Waals surface area contributed by atoms with Gasteiger partial charge < -0.3 is 9.80 Å². The molecule has 0 unspecified atom stereocenters. The van der Waals surface area contributed by atoms with Gasteiger partial charge in [0.2, 0.25) is 5.91 Å². The summed E-state index contributed by atoms with van der Waals surface area (Å²) in [4.78, 5) is 28.2. The van der Waals surface area contributed by atoms with E-state index in [2.05, 4.69) is 38.1 Å². The molecule has 33 heavy (non-hydrogen) atoms. The molecule has 1 amide bonds. The van der Waals surface area contributed by atoms with Crippen molar-refractivity contribution in [1.82, 2.24) is 19.3 Å². The van der Waals surface area contributed by atoms with E-state index in [0.29, 0.717) is 22.2 Å². The van der Waals surface area contributed by atoms with Gasteiger partial charge in [0.1, 0.15) is 10.7 Å². The van der Waals surface area contributed by atoms with Crippen LogP contribution in [0, 0.1) is 0 Å². The highest BCUT2D eigenvalue weighted by Gasteiger charge is 2.34. The third-order valence-electron chi connectivity index (χ3n) is 5.98. The van der Waals surface area contributed by atoms with Crippen molar-refractivity contribution in [2.24, 2.45) is 0 Å². The van der Waals surface area contributed by atoms with Crippen molar-refractivity contribution in [3.63, 3.8) is 0 Å². The third-order valence-corrected chi connectivity index (χ3v) is 6.69. The van der Waals surface area contributed by atoms with Crippen molar-refractivity contribution in [1.29, 1.82) is 0 Å². The maximum atomic E-state index is 13.2. The molecule has 0 atom stereocenters. The number of hydrogen-bond donors (Lipinski definition) is 0. The van der Waals surface area contributed by atoms with Crippen molar-refractivity contribution < 1.29 is 18.0 Å². The van der Waals surface area contributed by atoms with Gasteiger partial charge in [-0.2, -0.15) is 17.5 Å². The Bertz CT molecular complexity index is 1220. The molecular formula is C22H23F3N6OS. The van der Waals surface area contributed by atoms with Gasteiger partial charge in [0, 0.05) is 39.2 Å². The first-order chi connectivity index (χ1) is 15.4. The first-order valence-corrected chi connectivity index (χ1v) is 11.0. The summed E-state index contributed by atoms with van der Waals surface area (Å²) < 4.78 is 43.9. The number of anilines is 2. The molecule has 0 saturated carbocycles. The Morgan fingerprint density at radius 3 is 2.64 bits per heavy atom. The fraction of sp³-hybridized carbons (Fsp3) is 0.409. The van der Waals surface area contributed by atoms with E-state index < -0.39 is 17.6 Å². The lowest BCUT2D eigenvalue weighted by atomic mass is 10.00. The highest BCUT2D eigenvalue weighted by atomic mass is 32.1. The molecule has 0 aliphatic carbocycles. The van der Waals surface area contributed by atoms with Gasteiger partial charge >= 0.3 is 6.18 Å². The number of carbonyl (C=O) groups is 1. The minimum atomic E-state index is -4.56. The predicted molar refractivity (Wildman–Crippen MR) is 120 cm³/mol. The third kappa shape index (κ3) is 4.41. The monoisotopic (exact) mass is 476 g/mol. The van der Waals surface area contributed by atoms with Gasteiger partial charge in [-0.15, -0.1) is 0 Å². The van der Waals surface area contributed by atoms with E-state index in [1.807, 2.05) is 19.3 Å². The van der Waals surface area contributed by atoms with E-state index in [1.165, 1.54) is 19.5 Å². The SMILES string of the molecule is CC(=O)N(C)c1cc(C(F)(F)F)cnc1Cc1nc(-c2cc3c(cn2)N(C)C(C)(C)C3)ns1. The minimum Gasteiger partial charge on any atom is -0.368 e. The minimum absolute atomic E-state index is 0.00329. The van der Waals surface area contributed by atoms with Crippen LogP contribution in [0.15, 0.2) is 24.5 Å². The zero-order valence-electron chi connectivity index (χ0n) is 18.9. The molecule has 4 rings (SSSR count). The molecule has 0 spiro atoms. The van der Waals surface area contributed by atoms with E-state index in [-0.39, 0.29) is 17.6 Å². The van der Waals surface area contributed by atoms with Crippen molar-refractivity contribution in [2.45, 2.75) is 45.3 Å². The first-order valence-electron chi connectivity index (χ1n) is 10.2. The second-order valence-corrected chi connectivity index (χ2v) is 9.54. The summed E-state index contributed by atoms with van der Waals surface area (Å²) in [6, 6.07) is 2.92. The molecule has 3 aromatic heterocycles. The molecule has 1 aliphatic heterocycles. The predicted octanol–water partition coefficient (Wildman–Crippen LogP) is 4.36. The van der Waals surface area contributed by atoms with Crippen LogP contribution in [0.5, 0.6) is 0 Å². The van der Waals surface area contributed by atoms with Crippen LogP contribution in [0.2, 0.25) is 0 Å². The van der Waals surface area contributed by atoms with Crippen molar-refractivity contribution in [2.75, 3.05) is 23.9 Å². The van der Waals surface area contributed by atoms with Crippen LogP contribution in [0.1, 0.15) is 42.6 Å². The number of nitrogens with zero attached hydrogens (tertiary/aromatic N) is 6. The molecule has 11 heteroatoms. The number of fused-ring (bicyclic) bond motifs is 1. The van der Waals surface area contributed by atoms with Gasteiger partial charge in [0.15, 0.2) is 5.82 Å². The van der Waals surface area contributed by atoms with Gasteiger partial charge in [0.25, 0.3) is 0 Å². The number of rotatable bonds is 4. The summed E-state index contributed by atoms with van der Waals surface area (Å²) in [7, 11) is 3.46. The Morgan fingerprint density at radius 2 is 1.97 bits per heavy atom. The lowest BCUT2D eigenvalue weighted by molar-refractivity contribution is -0.137. The number of alkyl halides is 3. The second kappa shape index (κ2) is 8.05. The normalized spacial score (nSPS) is 15.0. The Balaban J connectivity index is 1.63. The Morgan fingerprint density at radius 1 is 1.24 bits per heavy atom. The lowest BCUT2D eigenvalue weighted by Crippen LogP contribution is -2.37. The van der Waals surface area contributed by atoms with Gasteiger partial charge in [-0.05, 0) is 49.5 Å². The average molecular weight is 477 g/mol. The van der Waals surface area contributed by atoms with E-state index in [0.717, 1.165) is 40.8 Å². The second-order valence-electron chi connectivity index (χ2n) is 8.70. The zero-order chi connectivity index (χ0) is 24.1. The highest BCUT2D eigenvalue weighted by Crippen LogP contribution is 2.38. The number of hydrogen-bond acceptors (Lipinski definition) is 7. The summed E-state index contributed by atoms with van der Waals surface area (Å²) >= 11 is 1.13. The maximum Gasteiger partial charge on any atom is 0.417 e.